The molecule has 1 aromatic carbocycles. The molecule has 0 radical (unpaired) electrons. The third kappa shape index (κ3) is 6.24. The number of aliphatic imine (C=N–C) groups is 1. The monoisotopic (exact) mass is 445 g/mol. The van der Waals surface area contributed by atoms with E-state index < -0.39 is 0 Å². The van der Waals surface area contributed by atoms with Crippen molar-refractivity contribution in [3.63, 3.8) is 0 Å². The van der Waals surface area contributed by atoms with E-state index in [0.29, 0.717) is 0 Å². The molecule has 1 saturated heterocycles. The number of ether oxygens (including phenoxy) is 1. The molecule has 1 aliphatic heterocycles. The molecule has 1 aromatic rings. The third-order valence-electron chi connectivity index (χ3n) is 4.21. The van der Waals surface area contributed by atoms with Gasteiger partial charge < -0.3 is 15.4 Å². The first kappa shape index (κ1) is 21.2. The molecule has 0 aliphatic carbocycles. The van der Waals surface area contributed by atoms with E-state index in [1.807, 2.05) is 0 Å². The number of hydrogen-bond acceptors (Lipinski definition) is 2. The summed E-state index contributed by atoms with van der Waals surface area (Å²) in [4.78, 5) is 4.91. The first-order valence-electron chi connectivity index (χ1n) is 8.65. The zero-order valence-electron chi connectivity index (χ0n) is 15.4. The first-order valence-corrected chi connectivity index (χ1v) is 8.65. The van der Waals surface area contributed by atoms with E-state index >= 15 is 0 Å². The molecule has 0 bridgehead atoms. The minimum absolute atomic E-state index is 0. The fourth-order valence-corrected chi connectivity index (χ4v) is 2.98. The average molecular weight is 445 g/mol. The van der Waals surface area contributed by atoms with Gasteiger partial charge in [0.1, 0.15) is 0 Å². The molecule has 0 spiro atoms. The molecule has 0 aromatic heterocycles. The van der Waals surface area contributed by atoms with Crippen LogP contribution in [0.25, 0.3) is 0 Å². The number of rotatable bonds is 4. The van der Waals surface area contributed by atoms with E-state index in [-0.39, 0.29) is 34.9 Å². The van der Waals surface area contributed by atoms with E-state index in [4.69, 9.17) is 9.73 Å². The Bertz CT molecular complexity index is 505. The molecule has 0 unspecified atom stereocenters. The van der Waals surface area contributed by atoms with Crippen molar-refractivity contribution >= 4 is 29.9 Å². The average Bonchev–Trinajstić information content (AvgIpc) is 2.53. The van der Waals surface area contributed by atoms with Crippen molar-refractivity contribution in [2.45, 2.75) is 51.5 Å². The van der Waals surface area contributed by atoms with Crippen LogP contribution >= 0.6 is 24.0 Å². The van der Waals surface area contributed by atoms with E-state index in [2.05, 4.69) is 68.7 Å². The lowest BCUT2D eigenvalue weighted by Gasteiger charge is -2.37. The van der Waals surface area contributed by atoms with E-state index in [1.165, 1.54) is 5.56 Å². The van der Waals surface area contributed by atoms with Crippen LogP contribution in [0.2, 0.25) is 0 Å². The Morgan fingerprint density at radius 1 is 1.17 bits per heavy atom. The quantitative estimate of drug-likeness (QED) is 0.422. The Balaban J connectivity index is 0.00000288. The minimum Gasteiger partial charge on any atom is -0.381 e. The summed E-state index contributed by atoms with van der Waals surface area (Å²) in [6.07, 6.45) is 2.05. The Hall–Kier alpha value is -0.820. The topological polar surface area (TPSA) is 45.7 Å². The van der Waals surface area contributed by atoms with Crippen LogP contribution in [0.5, 0.6) is 0 Å². The van der Waals surface area contributed by atoms with Gasteiger partial charge in [0.15, 0.2) is 5.96 Å². The molecule has 1 aliphatic rings. The van der Waals surface area contributed by atoms with Gasteiger partial charge in [0.05, 0.1) is 6.54 Å². The fourth-order valence-electron chi connectivity index (χ4n) is 2.98. The van der Waals surface area contributed by atoms with Gasteiger partial charge in [-0.25, -0.2) is 0 Å². The highest BCUT2D eigenvalue weighted by atomic mass is 127. The fraction of sp³-hybridized carbons (Fsp3) is 0.632. The molecule has 2 N–H and O–H groups in total. The number of nitrogens with zero attached hydrogens (tertiary/aromatic N) is 1. The number of benzene rings is 1. The highest BCUT2D eigenvalue weighted by molar-refractivity contribution is 14.0. The van der Waals surface area contributed by atoms with Gasteiger partial charge in [-0.2, -0.15) is 0 Å². The second-order valence-corrected chi connectivity index (χ2v) is 7.33. The van der Waals surface area contributed by atoms with E-state index in [9.17, 15) is 0 Å². The highest BCUT2D eigenvalue weighted by Crippen LogP contribution is 2.35. The van der Waals surface area contributed by atoms with Gasteiger partial charge in [-0.15, -0.1) is 24.0 Å². The first-order chi connectivity index (χ1) is 11.0. The van der Waals surface area contributed by atoms with Crippen LogP contribution < -0.4 is 10.6 Å². The van der Waals surface area contributed by atoms with Crippen LogP contribution in [0.1, 0.15) is 46.1 Å². The van der Waals surface area contributed by atoms with Crippen molar-refractivity contribution in [1.82, 2.24) is 10.6 Å². The second kappa shape index (κ2) is 9.61. The SMILES string of the molecule is CCNC(=NCC1(c2ccccc2)CCOCC1)NC(C)(C)C.I. The number of hydrogen-bond donors (Lipinski definition) is 2. The largest absolute Gasteiger partial charge is 0.381 e. The lowest BCUT2D eigenvalue weighted by molar-refractivity contribution is 0.0531. The normalized spacial score (nSPS) is 17.8. The van der Waals surface area contributed by atoms with Crippen LogP contribution in [0.15, 0.2) is 35.3 Å². The van der Waals surface area contributed by atoms with Gasteiger partial charge in [-0.05, 0) is 46.1 Å². The predicted octanol–water partition coefficient (Wildman–Crippen LogP) is 3.71. The number of halogens is 1. The highest BCUT2D eigenvalue weighted by Gasteiger charge is 2.34. The number of nitrogens with one attached hydrogen (secondary N) is 2. The van der Waals surface area contributed by atoms with Gasteiger partial charge in [-0.3, -0.25) is 4.99 Å². The van der Waals surface area contributed by atoms with Crippen LogP contribution in [-0.4, -0.2) is 37.8 Å². The maximum absolute atomic E-state index is 5.60. The van der Waals surface area contributed by atoms with Gasteiger partial charge in [0, 0.05) is 30.7 Å². The van der Waals surface area contributed by atoms with Gasteiger partial charge >= 0.3 is 0 Å². The van der Waals surface area contributed by atoms with Crippen molar-refractivity contribution in [2.75, 3.05) is 26.3 Å². The number of guanidine groups is 1. The van der Waals surface area contributed by atoms with Crippen LogP contribution in [0.4, 0.5) is 0 Å². The Morgan fingerprint density at radius 2 is 1.79 bits per heavy atom. The summed E-state index contributed by atoms with van der Waals surface area (Å²) in [7, 11) is 0. The lowest BCUT2D eigenvalue weighted by Crippen LogP contribution is -2.48. The van der Waals surface area contributed by atoms with Gasteiger partial charge in [-0.1, -0.05) is 30.3 Å². The molecule has 0 saturated carbocycles. The molecular formula is C19H32IN3O. The van der Waals surface area contributed by atoms with E-state index in [1.54, 1.807) is 0 Å². The molecule has 24 heavy (non-hydrogen) atoms. The molecule has 5 heteroatoms. The second-order valence-electron chi connectivity index (χ2n) is 7.33. The van der Waals surface area contributed by atoms with Crippen LogP contribution in [0.3, 0.4) is 0 Å². The minimum atomic E-state index is -0.00338. The molecule has 4 nitrogen and oxygen atoms in total. The third-order valence-corrected chi connectivity index (χ3v) is 4.21. The summed E-state index contributed by atoms with van der Waals surface area (Å²) < 4.78 is 5.60. The molecule has 0 atom stereocenters. The summed E-state index contributed by atoms with van der Waals surface area (Å²) in [5.41, 5.74) is 1.45. The van der Waals surface area contributed by atoms with Crippen molar-refractivity contribution in [1.29, 1.82) is 0 Å². The molecular weight excluding hydrogens is 413 g/mol. The maximum Gasteiger partial charge on any atom is 0.191 e. The van der Waals surface area contributed by atoms with Gasteiger partial charge in [0.2, 0.25) is 0 Å². The van der Waals surface area contributed by atoms with Crippen molar-refractivity contribution in [3.05, 3.63) is 35.9 Å². The summed E-state index contributed by atoms with van der Waals surface area (Å²) >= 11 is 0. The lowest BCUT2D eigenvalue weighted by atomic mass is 9.74. The van der Waals surface area contributed by atoms with Crippen molar-refractivity contribution in [2.24, 2.45) is 4.99 Å². The summed E-state index contributed by atoms with van der Waals surface area (Å²) in [6, 6.07) is 10.8. The zero-order chi connectivity index (χ0) is 16.8. The molecule has 1 fully saturated rings. The van der Waals surface area contributed by atoms with Crippen LogP contribution in [0, 0.1) is 0 Å². The van der Waals surface area contributed by atoms with E-state index in [0.717, 1.165) is 45.1 Å². The van der Waals surface area contributed by atoms with Gasteiger partial charge in [0.25, 0.3) is 0 Å². The van der Waals surface area contributed by atoms with Crippen LogP contribution in [-0.2, 0) is 10.2 Å². The standard InChI is InChI=1S/C19H31N3O.HI/c1-5-20-17(22-18(2,3)4)21-15-19(11-13-23-14-12-19)16-9-7-6-8-10-16;/h6-10H,5,11-15H2,1-4H3,(H2,20,21,22);1H. The van der Waals surface area contributed by atoms with Crippen molar-refractivity contribution in [3.8, 4) is 0 Å². The summed E-state index contributed by atoms with van der Waals surface area (Å²) in [5.74, 6) is 0.891. The smallest absolute Gasteiger partial charge is 0.191 e. The maximum atomic E-state index is 5.60. The molecule has 0 amide bonds. The Kier molecular flexibility index (Phi) is 8.50. The summed E-state index contributed by atoms with van der Waals surface area (Å²) in [6.45, 7) is 11.8. The molecule has 2 rings (SSSR count). The Labute approximate surface area is 163 Å². The Morgan fingerprint density at radius 3 is 2.33 bits per heavy atom. The zero-order valence-corrected chi connectivity index (χ0v) is 17.7. The molecule has 1 heterocycles. The predicted molar refractivity (Wildman–Crippen MR) is 112 cm³/mol. The molecule has 136 valence electrons. The van der Waals surface area contributed by atoms with Crippen molar-refractivity contribution < 1.29 is 4.74 Å². The summed E-state index contributed by atoms with van der Waals surface area (Å²) in [5, 5.41) is 6.83.